The number of benzene rings is 2. The molecule has 3 heterocycles. The van der Waals surface area contributed by atoms with Crippen molar-refractivity contribution in [2.75, 3.05) is 6.54 Å². The van der Waals surface area contributed by atoms with Gasteiger partial charge in [-0.1, -0.05) is 36.4 Å². The van der Waals surface area contributed by atoms with Crippen molar-refractivity contribution in [3.8, 4) is 11.3 Å². The number of rotatable bonds is 9. The number of aromatic amines is 1. The van der Waals surface area contributed by atoms with Gasteiger partial charge in [-0.25, -0.2) is 0 Å². The number of aromatic nitrogens is 3. The number of carbonyl (C=O) groups excluding carboxylic acids is 1. The molecule has 37 heavy (non-hydrogen) atoms. The lowest BCUT2D eigenvalue weighted by Crippen LogP contribution is -2.27. The molecule has 0 aliphatic rings. The van der Waals surface area contributed by atoms with E-state index in [-0.39, 0.29) is 23.9 Å². The Morgan fingerprint density at radius 1 is 0.973 bits per heavy atom. The number of fused-ring (bicyclic) bond motifs is 1. The number of pyridine rings is 2. The molecule has 0 aliphatic carbocycles. The monoisotopic (exact) mass is 491 g/mol. The first kappa shape index (κ1) is 23.9. The van der Waals surface area contributed by atoms with E-state index in [9.17, 15) is 14.9 Å². The second kappa shape index (κ2) is 10.8. The highest BCUT2D eigenvalue weighted by Gasteiger charge is 2.23. The Bertz CT molecular complexity index is 1530. The molecule has 0 unspecified atom stereocenters. The zero-order valence-electron chi connectivity index (χ0n) is 20.0. The number of hydrogen-bond donors (Lipinski definition) is 2. The maximum absolute atomic E-state index is 13.0. The zero-order valence-corrected chi connectivity index (χ0v) is 20.0. The van der Waals surface area contributed by atoms with Crippen molar-refractivity contribution >= 4 is 22.5 Å². The third-order valence-corrected chi connectivity index (χ3v) is 6.35. The van der Waals surface area contributed by atoms with Gasteiger partial charge < -0.3 is 10.3 Å². The van der Waals surface area contributed by atoms with Gasteiger partial charge in [0, 0.05) is 78.2 Å². The van der Waals surface area contributed by atoms with E-state index in [1.54, 1.807) is 24.5 Å². The van der Waals surface area contributed by atoms with E-state index in [2.05, 4.69) is 20.3 Å². The highest BCUT2D eigenvalue weighted by atomic mass is 16.6. The fourth-order valence-electron chi connectivity index (χ4n) is 4.53. The Balaban J connectivity index is 1.43. The number of hydrogen-bond acceptors (Lipinski definition) is 5. The number of H-pyrrole nitrogens is 1. The van der Waals surface area contributed by atoms with Crippen LogP contribution in [0, 0.1) is 10.1 Å². The summed E-state index contributed by atoms with van der Waals surface area (Å²) in [6.45, 7) is 0.457. The minimum Gasteiger partial charge on any atom is -0.361 e. The number of non-ortho nitro benzene ring substituents is 1. The van der Waals surface area contributed by atoms with Crippen LogP contribution in [0.15, 0.2) is 97.5 Å². The van der Waals surface area contributed by atoms with Crippen LogP contribution in [0.1, 0.15) is 29.2 Å². The van der Waals surface area contributed by atoms with Crippen LogP contribution in [0.5, 0.6) is 0 Å². The van der Waals surface area contributed by atoms with Crippen molar-refractivity contribution in [1.29, 1.82) is 0 Å². The molecule has 184 valence electrons. The molecule has 5 aromatic rings. The lowest BCUT2D eigenvalue weighted by Gasteiger charge is -2.17. The second-order valence-corrected chi connectivity index (χ2v) is 8.75. The van der Waals surface area contributed by atoms with E-state index in [4.69, 9.17) is 0 Å². The molecule has 0 saturated heterocycles. The van der Waals surface area contributed by atoms with Crippen LogP contribution in [0.25, 0.3) is 22.2 Å². The molecule has 0 saturated carbocycles. The molecular formula is C29H25N5O3. The number of amides is 1. The van der Waals surface area contributed by atoms with Crippen molar-refractivity contribution < 1.29 is 9.72 Å². The van der Waals surface area contributed by atoms with Crippen LogP contribution in [0.2, 0.25) is 0 Å². The largest absolute Gasteiger partial charge is 0.361 e. The van der Waals surface area contributed by atoms with E-state index in [0.29, 0.717) is 18.5 Å². The molecule has 0 radical (unpaired) electrons. The van der Waals surface area contributed by atoms with Gasteiger partial charge in [-0.05, 0) is 41.5 Å². The number of nitrogens with one attached hydrogen (secondary N) is 2. The molecular weight excluding hydrogens is 466 g/mol. The van der Waals surface area contributed by atoms with E-state index in [1.807, 2.05) is 66.9 Å². The van der Waals surface area contributed by atoms with Gasteiger partial charge in [0.2, 0.25) is 5.91 Å². The average molecular weight is 492 g/mol. The minimum absolute atomic E-state index is 0.00432. The second-order valence-electron chi connectivity index (χ2n) is 8.75. The van der Waals surface area contributed by atoms with Crippen molar-refractivity contribution in [2.24, 2.45) is 0 Å². The average Bonchev–Trinajstić information content (AvgIpc) is 3.36. The topological polar surface area (TPSA) is 114 Å². The Kier molecular flexibility index (Phi) is 6.98. The first-order chi connectivity index (χ1) is 18.1. The molecule has 0 spiro atoms. The summed E-state index contributed by atoms with van der Waals surface area (Å²) in [6, 6.07) is 24.0. The van der Waals surface area contributed by atoms with E-state index < -0.39 is 4.92 Å². The molecule has 8 nitrogen and oxygen atoms in total. The summed E-state index contributed by atoms with van der Waals surface area (Å²) in [7, 11) is 0. The first-order valence-corrected chi connectivity index (χ1v) is 12.0. The summed E-state index contributed by atoms with van der Waals surface area (Å²) < 4.78 is 0. The normalized spacial score (nSPS) is 11.8. The zero-order chi connectivity index (χ0) is 25.6. The highest BCUT2D eigenvalue weighted by Crippen LogP contribution is 2.36. The predicted molar refractivity (Wildman–Crippen MR) is 142 cm³/mol. The lowest BCUT2D eigenvalue weighted by molar-refractivity contribution is -0.384. The number of nitro benzene ring substituents is 1. The maximum Gasteiger partial charge on any atom is 0.269 e. The van der Waals surface area contributed by atoms with E-state index in [1.165, 1.54) is 6.07 Å². The van der Waals surface area contributed by atoms with E-state index >= 15 is 0 Å². The van der Waals surface area contributed by atoms with Crippen molar-refractivity contribution in [2.45, 2.75) is 18.8 Å². The predicted octanol–water partition coefficient (Wildman–Crippen LogP) is 5.41. The summed E-state index contributed by atoms with van der Waals surface area (Å²) >= 11 is 0. The SMILES string of the molecule is O=C(C[C@@H](c1cccc([N+](=O)[O-])c1)c1c[nH]c2cc(-c3ccccn3)ccc12)NCCc1ccccn1. The van der Waals surface area contributed by atoms with Gasteiger partial charge in [0.1, 0.15) is 0 Å². The van der Waals surface area contributed by atoms with Crippen LogP contribution >= 0.6 is 0 Å². The quantitative estimate of drug-likeness (QED) is 0.211. The Morgan fingerprint density at radius 3 is 2.57 bits per heavy atom. The maximum atomic E-state index is 13.0. The van der Waals surface area contributed by atoms with Crippen molar-refractivity contribution in [3.05, 3.63) is 124 Å². The van der Waals surface area contributed by atoms with Crippen LogP contribution < -0.4 is 5.32 Å². The molecule has 3 aromatic heterocycles. The summed E-state index contributed by atoms with van der Waals surface area (Å²) in [5.74, 6) is -0.504. The van der Waals surface area contributed by atoms with Gasteiger partial charge in [0.05, 0.1) is 10.6 Å². The van der Waals surface area contributed by atoms with Gasteiger partial charge in [0.25, 0.3) is 5.69 Å². The van der Waals surface area contributed by atoms with Crippen molar-refractivity contribution in [1.82, 2.24) is 20.3 Å². The van der Waals surface area contributed by atoms with E-state index in [0.717, 1.165) is 33.4 Å². The molecule has 0 fully saturated rings. The van der Waals surface area contributed by atoms with Gasteiger partial charge >= 0.3 is 0 Å². The molecule has 5 rings (SSSR count). The summed E-state index contributed by atoms with van der Waals surface area (Å²) in [4.78, 5) is 36.1. The van der Waals surface area contributed by atoms with Crippen LogP contribution in [0.3, 0.4) is 0 Å². The Hall–Kier alpha value is -4.85. The van der Waals surface area contributed by atoms with Gasteiger partial charge in [0.15, 0.2) is 0 Å². The number of nitrogens with zero attached hydrogens (tertiary/aromatic N) is 3. The number of nitro groups is 1. The van der Waals surface area contributed by atoms with Crippen molar-refractivity contribution in [3.63, 3.8) is 0 Å². The highest BCUT2D eigenvalue weighted by molar-refractivity contribution is 5.89. The fraction of sp³-hybridized carbons (Fsp3) is 0.138. The fourth-order valence-corrected chi connectivity index (χ4v) is 4.53. The first-order valence-electron chi connectivity index (χ1n) is 12.0. The molecule has 0 aliphatic heterocycles. The minimum atomic E-state index is -0.415. The molecule has 2 aromatic carbocycles. The molecule has 1 atom stereocenters. The van der Waals surface area contributed by atoms with Gasteiger partial charge in [-0.3, -0.25) is 24.9 Å². The molecule has 0 bridgehead atoms. The summed E-state index contributed by atoms with van der Waals surface area (Å²) in [5, 5.41) is 15.4. The summed E-state index contributed by atoms with van der Waals surface area (Å²) in [6.07, 6.45) is 6.14. The van der Waals surface area contributed by atoms with Crippen LogP contribution in [-0.4, -0.2) is 32.3 Å². The molecule has 2 N–H and O–H groups in total. The molecule has 8 heteroatoms. The Labute approximate surface area is 213 Å². The van der Waals surface area contributed by atoms with Crippen LogP contribution in [-0.2, 0) is 11.2 Å². The standard InChI is InChI=1S/C29H25N5O3/c35-29(32-15-12-22-7-1-3-13-30-22)18-25(20-6-5-8-23(16-20)34(36)37)26-19-33-28-17-21(10-11-24(26)28)27-9-2-4-14-31-27/h1-11,13-14,16-17,19,25,33H,12,15,18H2,(H,32,35)/t25-/m0/s1. The Morgan fingerprint density at radius 2 is 1.81 bits per heavy atom. The van der Waals surface area contributed by atoms with Gasteiger partial charge in [-0.15, -0.1) is 0 Å². The molecule has 1 amide bonds. The number of carbonyl (C=O) groups is 1. The van der Waals surface area contributed by atoms with Gasteiger partial charge in [-0.2, -0.15) is 0 Å². The third kappa shape index (κ3) is 5.54. The lowest BCUT2D eigenvalue weighted by atomic mass is 9.87. The third-order valence-electron chi connectivity index (χ3n) is 6.35. The van der Waals surface area contributed by atoms with Crippen LogP contribution in [0.4, 0.5) is 5.69 Å². The summed E-state index contributed by atoms with van der Waals surface area (Å²) in [5.41, 5.74) is 5.26. The smallest absolute Gasteiger partial charge is 0.269 e.